The predicted molar refractivity (Wildman–Crippen MR) is 189 cm³/mol. The van der Waals surface area contributed by atoms with E-state index >= 15 is 0 Å². The van der Waals surface area contributed by atoms with Crippen molar-refractivity contribution in [3.05, 3.63) is 118 Å². The zero-order chi connectivity index (χ0) is 38.2. The van der Waals surface area contributed by atoms with E-state index in [1.807, 2.05) is 64.1 Å². The zero-order valence-electron chi connectivity index (χ0n) is 29.8. The molecule has 49 heavy (non-hydrogen) atoms. The summed E-state index contributed by atoms with van der Waals surface area (Å²) in [5.74, 6) is -2.35. The van der Waals surface area contributed by atoms with Crippen molar-refractivity contribution in [2.45, 2.75) is 27.7 Å². The van der Waals surface area contributed by atoms with E-state index in [2.05, 4.69) is 10.6 Å². The Morgan fingerprint density at radius 3 is 0.939 bits per heavy atom. The van der Waals surface area contributed by atoms with Gasteiger partial charge < -0.3 is 61.1 Å². The summed E-state index contributed by atoms with van der Waals surface area (Å²) < 4.78 is 0. The van der Waals surface area contributed by atoms with Crippen LogP contribution in [-0.4, -0.2) is 85.2 Å². The monoisotopic (exact) mass is 727 g/mol. The van der Waals surface area contributed by atoms with Gasteiger partial charge in [0.2, 0.25) is 0 Å². The number of carbonyl (C=O) groups is 2. The summed E-state index contributed by atoms with van der Waals surface area (Å²) in [4.78, 5) is 22.0. The number of nitrogens with one attached hydrogen (secondary N) is 2. The Kier molecular flexibility index (Phi) is 38.7. The van der Waals surface area contributed by atoms with Crippen molar-refractivity contribution < 1.29 is 67.5 Å². The molecule has 0 aliphatic rings. The van der Waals surface area contributed by atoms with E-state index in [4.69, 9.17) is 30.6 Å². The number of aliphatic hydroxyl groups excluding tert-OH is 6. The van der Waals surface area contributed by atoms with E-state index in [1.165, 1.54) is 12.1 Å². The van der Waals surface area contributed by atoms with Crippen LogP contribution in [-0.2, 0) is 17.1 Å². The molecule has 1 radical (unpaired) electrons. The third-order valence-corrected chi connectivity index (χ3v) is 6.04. The van der Waals surface area contributed by atoms with Gasteiger partial charge in [-0.25, -0.2) is 0 Å². The number of aliphatic hydroxyl groups is 6. The van der Waals surface area contributed by atoms with Crippen LogP contribution in [0.4, 0.5) is 22.7 Å². The first-order valence-electron chi connectivity index (χ1n) is 14.1. The fourth-order valence-corrected chi connectivity index (χ4v) is 3.60. The van der Waals surface area contributed by atoms with Gasteiger partial charge in [0, 0.05) is 76.5 Å². The van der Waals surface area contributed by atoms with E-state index in [0.29, 0.717) is 11.4 Å². The Morgan fingerprint density at radius 1 is 0.429 bits per heavy atom. The van der Waals surface area contributed by atoms with Gasteiger partial charge in [0.05, 0.1) is 11.9 Å². The number of para-hydroxylation sites is 2. The van der Waals surface area contributed by atoms with Crippen molar-refractivity contribution in [1.29, 1.82) is 0 Å². The second-order valence-corrected chi connectivity index (χ2v) is 8.41. The maximum Gasteiger partial charge on any atom is 2.00 e. The molecule has 273 valence electrons. The molecule has 4 aromatic rings. The van der Waals surface area contributed by atoms with E-state index in [0.717, 1.165) is 76.3 Å². The van der Waals surface area contributed by atoms with Crippen LogP contribution >= 0.6 is 0 Å². The summed E-state index contributed by atoms with van der Waals surface area (Å²) >= 11 is 0. The number of rotatable bonds is 6. The Balaban J connectivity index is -0.000000199. The van der Waals surface area contributed by atoms with E-state index in [9.17, 15) is 19.8 Å². The number of aryl methyl sites for hydroxylation is 2. The molecule has 0 amide bonds. The summed E-state index contributed by atoms with van der Waals surface area (Å²) in [6.45, 7) is 8.04. The van der Waals surface area contributed by atoms with Crippen LogP contribution in [0.2, 0.25) is 0 Å². The molecular formula is C36H52MnN2O10. The molecule has 0 saturated carbocycles. The molecule has 8 N–H and O–H groups in total. The Hall–Kier alpha value is -4.30. The average Bonchev–Trinajstić information content (AvgIpc) is 3.14. The minimum Gasteiger partial charge on any atom is -0.545 e. The zero-order valence-corrected chi connectivity index (χ0v) is 31.0. The van der Waals surface area contributed by atoms with Crippen molar-refractivity contribution in [3.63, 3.8) is 0 Å². The van der Waals surface area contributed by atoms with Crippen LogP contribution in [0.15, 0.2) is 84.9 Å². The number of hydrogen-bond acceptors (Lipinski definition) is 12. The Bertz CT molecular complexity index is 1310. The van der Waals surface area contributed by atoms with Crippen molar-refractivity contribution >= 4 is 34.7 Å². The largest absolute Gasteiger partial charge is 2.00 e. The van der Waals surface area contributed by atoms with Crippen molar-refractivity contribution in [1.82, 2.24) is 0 Å². The first kappa shape index (κ1) is 54.2. The molecule has 4 aromatic carbocycles. The second-order valence-electron chi connectivity index (χ2n) is 8.41. The van der Waals surface area contributed by atoms with Crippen LogP contribution in [0, 0.1) is 27.7 Å². The van der Waals surface area contributed by atoms with Gasteiger partial charge in [-0.05, 0) is 74.2 Å². The smallest absolute Gasteiger partial charge is 0.545 e. The number of anilines is 4. The number of carboxylic acids is 2. The van der Waals surface area contributed by atoms with Gasteiger partial charge in [0.1, 0.15) is 0 Å². The molecule has 0 aliphatic carbocycles. The molecule has 13 heteroatoms. The summed E-state index contributed by atoms with van der Waals surface area (Å²) in [6.07, 6.45) is 0. The molecule has 0 saturated heterocycles. The van der Waals surface area contributed by atoms with Gasteiger partial charge in [0.15, 0.2) is 0 Å². The summed E-state index contributed by atoms with van der Waals surface area (Å²) in [5, 5.41) is 70.3. The number of hydrogen-bond donors (Lipinski definition) is 8. The topological polar surface area (TPSA) is 226 Å². The number of carboxylic acid groups (broad SMARTS) is 2. The van der Waals surface area contributed by atoms with E-state index in [1.54, 1.807) is 36.4 Å². The molecular weight excluding hydrogens is 675 g/mol. The first-order valence-corrected chi connectivity index (χ1v) is 14.1. The van der Waals surface area contributed by atoms with Gasteiger partial charge >= 0.3 is 17.1 Å². The van der Waals surface area contributed by atoms with Crippen LogP contribution in [0.25, 0.3) is 0 Å². The van der Waals surface area contributed by atoms with Crippen LogP contribution in [0.5, 0.6) is 0 Å². The quantitative estimate of drug-likeness (QED) is 0.134. The van der Waals surface area contributed by atoms with Gasteiger partial charge in [-0.1, -0.05) is 60.7 Å². The fraction of sp³-hybridized carbons (Fsp3) is 0.278. The van der Waals surface area contributed by atoms with Gasteiger partial charge in [0.25, 0.3) is 0 Å². The van der Waals surface area contributed by atoms with Crippen molar-refractivity contribution in [3.8, 4) is 0 Å². The van der Waals surface area contributed by atoms with Crippen LogP contribution < -0.4 is 20.8 Å². The number of benzene rings is 4. The number of aromatic carboxylic acids is 2. The normalized spacial score (nSPS) is 8.16. The molecule has 0 bridgehead atoms. The van der Waals surface area contributed by atoms with E-state index < -0.39 is 11.9 Å². The maximum absolute atomic E-state index is 11.0. The summed E-state index contributed by atoms with van der Waals surface area (Å²) in [7, 11) is 6.00. The SMILES string of the molecule is CO.CO.CO.CO.CO.CO.Cc1cccc(Nc2ccccc2C(=O)[O-])c1C.Cc1cccc(Nc2ccccc2C(=O)[O-])c1C.[Mn+2]. The average molecular weight is 728 g/mol. The molecule has 12 nitrogen and oxygen atoms in total. The maximum atomic E-state index is 11.0. The first-order chi connectivity index (χ1) is 23.2. The molecule has 0 atom stereocenters. The molecule has 0 heterocycles. The van der Waals surface area contributed by atoms with Gasteiger partial charge in [-0.2, -0.15) is 0 Å². The van der Waals surface area contributed by atoms with Crippen LogP contribution in [0.3, 0.4) is 0 Å². The second kappa shape index (κ2) is 35.0. The molecule has 0 aliphatic heterocycles. The fourth-order valence-electron chi connectivity index (χ4n) is 3.60. The van der Waals surface area contributed by atoms with Crippen LogP contribution in [0.1, 0.15) is 43.0 Å². The predicted octanol–water partition coefficient (Wildman–Crippen LogP) is 2.47. The minimum absolute atomic E-state index is 0. The summed E-state index contributed by atoms with van der Waals surface area (Å²) in [6, 6.07) is 25.2. The van der Waals surface area contributed by atoms with Gasteiger partial charge in [-0.15, -0.1) is 0 Å². The molecule has 0 aromatic heterocycles. The Morgan fingerprint density at radius 2 is 0.673 bits per heavy atom. The third kappa shape index (κ3) is 20.0. The molecule has 0 spiro atoms. The molecule has 0 unspecified atom stereocenters. The minimum atomic E-state index is -1.18. The number of carbonyl (C=O) groups excluding carboxylic acids is 2. The van der Waals surface area contributed by atoms with Crippen molar-refractivity contribution in [2.75, 3.05) is 53.3 Å². The van der Waals surface area contributed by atoms with Crippen molar-refractivity contribution in [2.24, 2.45) is 0 Å². The van der Waals surface area contributed by atoms with Gasteiger partial charge in [-0.3, -0.25) is 0 Å². The third-order valence-electron chi connectivity index (χ3n) is 6.04. The van der Waals surface area contributed by atoms with E-state index in [-0.39, 0.29) is 28.2 Å². The molecule has 0 fully saturated rings. The molecule has 4 rings (SSSR count). The Labute approximate surface area is 300 Å². The standard InChI is InChI=1S/2C15H15NO2.6CH4O.Mn/c2*1-10-6-5-9-13(11(10)2)16-14-8-4-3-7-12(14)15(17)18;6*1-2;/h2*3-9,16H,1-2H3,(H,17,18);6*2H,1H3;/q;;;;;;;;+2/p-2. The summed E-state index contributed by atoms with van der Waals surface area (Å²) in [5.41, 5.74) is 7.76.